The lowest BCUT2D eigenvalue weighted by molar-refractivity contribution is 0.199. The third-order valence-electron chi connectivity index (χ3n) is 3.79. The molecule has 0 amide bonds. The molecule has 1 aromatic carbocycles. The van der Waals surface area contributed by atoms with E-state index in [1.807, 2.05) is 12.1 Å². The van der Waals surface area contributed by atoms with Crippen LogP contribution in [-0.2, 0) is 6.54 Å². The zero-order valence-electron chi connectivity index (χ0n) is 11.2. The quantitative estimate of drug-likeness (QED) is 0.912. The van der Waals surface area contributed by atoms with Gasteiger partial charge < -0.3 is 10.6 Å². The molecule has 4 heteroatoms. The summed E-state index contributed by atoms with van der Waals surface area (Å²) in [7, 11) is 0. The first kappa shape index (κ1) is 13.7. The van der Waals surface area contributed by atoms with E-state index in [0.29, 0.717) is 12.6 Å². The average molecular weight is 268 g/mol. The van der Waals surface area contributed by atoms with Gasteiger partial charge in [0.25, 0.3) is 0 Å². The fraction of sp³-hybridized carbons (Fsp3) is 0.571. The highest BCUT2D eigenvalue weighted by molar-refractivity contribution is 6.31. The van der Waals surface area contributed by atoms with Gasteiger partial charge in [-0.2, -0.15) is 0 Å². The molecule has 18 heavy (non-hydrogen) atoms. The van der Waals surface area contributed by atoms with Crippen LogP contribution in [0.2, 0.25) is 5.02 Å². The number of piperazine rings is 1. The molecule has 1 unspecified atom stereocenters. The highest BCUT2D eigenvalue weighted by atomic mass is 35.5. The van der Waals surface area contributed by atoms with Gasteiger partial charge in [-0.05, 0) is 31.2 Å². The van der Waals surface area contributed by atoms with Crippen molar-refractivity contribution in [3.63, 3.8) is 0 Å². The van der Waals surface area contributed by atoms with Crippen LogP contribution in [0.5, 0.6) is 0 Å². The molecule has 0 spiro atoms. The van der Waals surface area contributed by atoms with Gasteiger partial charge in [0.2, 0.25) is 0 Å². The third kappa shape index (κ3) is 2.79. The van der Waals surface area contributed by atoms with Crippen molar-refractivity contribution in [1.29, 1.82) is 0 Å². The number of hydrogen-bond acceptors (Lipinski definition) is 3. The number of halogens is 1. The van der Waals surface area contributed by atoms with Crippen LogP contribution >= 0.6 is 11.6 Å². The van der Waals surface area contributed by atoms with Gasteiger partial charge in [-0.25, -0.2) is 0 Å². The van der Waals surface area contributed by atoms with E-state index in [1.165, 1.54) is 5.69 Å². The largest absolute Gasteiger partial charge is 0.369 e. The number of anilines is 1. The summed E-state index contributed by atoms with van der Waals surface area (Å²) in [6.07, 6.45) is 0. The molecule has 0 aliphatic carbocycles. The van der Waals surface area contributed by atoms with Crippen LogP contribution in [-0.4, -0.2) is 37.1 Å². The van der Waals surface area contributed by atoms with Crippen molar-refractivity contribution in [2.45, 2.75) is 26.4 Å². The van der Waals surface area contributed by atoms with E-state index in [0.717, 1.165) is 36.8 Å². The molecule has 0 saturated carbocycles. The van der Waals surface area contributed by atoms with Gasteiger partial charge in [0.15, 0.2) is 0 Å². The molecule has 1 fully saturated rings. The number of likely N-dealkylation sites (N-methyl/N-ethyl adjacent to an activating group) is 1. The summed E-state index contributed by atoms with van der Waals surface area (Å²) in [6.45, 7) is 9.38. The fourth-order valence-electron chi connectivity index (χ4n) is 2.60. The monoisotopic (exact) mass is 267 g/mol. The summed E-state index contributed by atoms with van der Waals surface area (Å²) in [5, 5.41) is 0.778. The Morgan fingerprint density at radius 1 is 1.39 bits per heavy atom. The lowest BCUT2D eigenvalue weighted by Gasteiger charge is -2.40. The van der Waals surface area contributed by atoms with Crippen LogP contribution in [0, 0.1) is 0 Å². The molecule has 1 heterocycles. The van der Waals surface area contributed by atoms with Crippen LogP contribution in [0.1, 0.15) is 19.4 Å². The standard InChI is InChI=1S/C14H22ClN3/c1-3-17-6-7-18(10-11(17)2)13-5-4-12(9-16)14(15)8-13/h4-5,8,11H,3,6-7,9-10,16H2,1-2H3. The second kappa shape index (κ2) is 5.91. The van der Waals surface area contributed by atoms with Crippen LogP contribution in [0.3, 0.4) is 0 Å². The molecule has 2 rings (SSSR count). The molecular weight excluding hydrogens is 246 g/mol. The second-order valence-corrected chi connectivity index (χ2v) is 5.31. The van der Waals surface area contributed by atoms with Crippen LogP contribution in [0.4, 0.5) is 5.69 Å². The van der Waals surface area contributed by atoms with E-state index in [9.17, 15) is 0 Å². The lowest BCUT2D eigenvalue weighted by atomic mass is 10.1. The van der Waals surface area contributed by atoms with E-state index in [1.54, 1.807) is 0 Å². The topological polar surface area (TPSA) is 32.5 Å². The minimum Gasteiger partial charge on any atom is -0.369 e. The number of benzene rings is 1. The van der Waals surface area contributed by atoms with Crippen molar-refractivity contribution in [1.82, 2.24) is 4.90 Å². The minimum absolute atomic E-state index is 0.499. The zero-order valence-corrected chi connectivity index (χ0v) is 12.0. The van der Waals surface area contributed by atoms with E-state index in [2.05, 4.69) is 29.7 Å². The van der Waals surface area contributed by atoms with Gasteiger partial charge in [0.1, 0.15) is 0 Å². The maximum Gasteiger partial charge on any atom is 0.0471 e. The van der Waals surface area contributed by atoms with Gasteiger partial charge in [-0.3, -0.25) is 4.90 Å². The summed E-state index contributed by atoms with van der Waals surface area (Å²) < 4.78 is 0. The summed E-state index contributed by atoms with van der Waals surface area (Å²) in [6, 6.07) is 6.80. The second-order valence-electron chi connectivity index (χ2n) is 4.90. The Labute approximate surface area is 115 Å². The molecular formula is C14H22ClN3. The minimum atomic E-state index is 0.499. The third-order valence-corrected chi connectivity index (χ3v) is 4.14. The summed E-state index contributed by atoms with van der Waals surface area (Å²) in [4.78, 5) is 4.91. The van der Waals surface area contributed by atoms with Crippen LogP contribution in [0.25, 0.3) is 0 Å². The molecule has 1 aliphatic heterocycles. The molecule has 1 aromatic rings. The maximum atomic E-state index is 6.22. The van der Waals surface area contributed by atoms with Crippen molar-refractivity contribution < 1.29 is 0 Å². The SMILES string of the molecule is CCN1CCN(c2ccc(CN)c(Cl)c2)CC1C. The first-order valence-electron chi connectivity index (χ1n) is 6.63. The van der Waals surface area contributed by atoms with Crippen molar-refractivity contribution in [2.75, 3.05) is 31.1 Å². The summed E-state index contributed by atoms with van der Waals surface area (Å²) in [5.74, 6) is 0. The van der Waals surface area contributed by atoms with Crippen molar-refractivity contribution in [2.24, 2.45) is 5.73 Å². The summed E-state index contributed by atoms with van der Waals surface area (Å²) >= 11 is 6.22. The predicted molar refractivity (Wildman–Crippen MR) is 78.3 cm³/mol. The van der Waals surface area contributed by atoms with Crippen molar-refractivity contribution in [3.8, 4) is 0 Å². The molecule has 0 aromatic heterocycles. The summed E-state index contributed by atoms with van der Waals surface area (Å²) in [5.41, 5.74) is 7.86. The number of nitrogens with zero attached hydrogens (tertiary/aromatic N) is 2. The maximum absolute atomic E-state index is 6.22. The Bertz CT molecular complexity index is 408. The number of nitrogens with two attached hydrogens (primary N) is 1. The van der Waals surface area contributed by atoms with Gasteiger partial charge in [-0.15, -0.1) is 0 Å². The van der Waals surface area contributed by atoms with Crippen molar-refractivity contribution in [3.05, 3.63) is 28.8 Å². The van der Waals surface area contributed by atoms with E-state index >= 15 is 0 Å². The molecule has 0 bridgehead atoms. The first-order valence-corrected chi connectivity index (χ1v) is 7.01. The Morgan fingerprint density at radius 2 is 2.17 bits per heavy atom. The van der Waals surface area contributed by atoms with E-state index in [-0.39, 0.29) is 0 Å². The van der Waals surface area contributed by atoms with Crippen molar-refractivity contribution >= 4 is 17.3 Å². The van der Waals surface area contributed by atoms with Crippen LogP contribution < -0.4 is 10.6 Å². The molecule has 100 valence electrons. The Kier molecular flexibility index (Phi) is 4.49. The predicted octanol–water partition coefficient (Wildman–Crippen LogP) is 2.33. The molecule has 3 nitrogen and oxygen atoms in total. The smallest absolute Gasteiger partial charge is 0.0471 e. The fourth-order valence-corrected chi connectivity index (χ4v) is 2.85. The van der Waals surface area contributed by atoms with Gasteiger partial charge in [0, 0.05) is 42.9 Å². The first-order chi connectivity index (χ1) is 8.65. The Morgan fingerprint density at radius 3 is 2.72 bits per heavy atom. The zero-order chi connectivity index (χ0) is 13.1. The number of hydrogen-bond donors (Lipinski definition) is 1. The molecule has 1 atom stereocenters. The lowest BCUT2D eigenvalue weighted by Crippen LogP contribution is -2.51. The van der Waals surface area contributed by atoms with E-state index in [4.69, 9.17) is 17.3 Å². The molecule has 2 N–H and O–H groups in total. The normalized spacial score (nSPS) is 21.3. The Hall–Kier alpha value is -0.770. The van der Waals surface area contributed by atoms with E-state index < -0.39 is 0 Å². The van der Waals surface area contributed by atoms with Gasteiger partial charge >= 0.3 is 0 Å². The molecule has 0 radical (unpaired) electrons. The highest BCUT2D eigenvalue weighted by Gasteiger charge is 2.22. The van der Waals surface area contributed by atoms with Gasteiger partial charge in [0.05, 0.1) is 0 Å². The number of rotatable bonds is 3. The van der Waals surface area contributed by atoms with Crippen LogP contribution in [0.15, 0.2) is 18.2 Å². The highest BCUT2D eigenvalue weighted by Crippen LogP contribution is 2.25. The molecule has 1 saturated heterocycles. The molecule has 1 aliphatic rings. The van der Waals surface area contributed by atoms with Gasteiger partial charge in [-0.1, -0.05) is 24.6 Å². The average Bonchev–Trinajstić information content (AvgIpc) is 2.38. The Balaban J connectivity index is 2.11.